The van der Waals surface area contributed by atoms with E-state index in [9.17, 15) is 4.79 Å². The molecule has 1 aromatic carbocycles. The summed E-state index contributed by atoms with van der Waals surface area (Å²) < 4.78 is 2.80. The number of hydrogen-bond acceptors (Lipinski definition) is 3. The Kier molecular flexibility index (Phi) is 6.43. The zero-order chi connectivity index (χ0) is 16.4. The Balaban J connectivity index is 0.00000208. The summed E-state index contributed by atoms with van der Waals surface area (Å²) in [5.74, 6) is 0.200. The van der Waals surface area contributed by atoms with Crippen molar-refractivity contribution in [1.82, 2.24) is 20.4 Å². The fourth-order valence-electron chi connectivity index (χ4n) is 3.16. The maximum absolute atomic E-state index is 12.7. The lowest BCUT2D eigenvalue weighted by molar-refractivity contribution is -0.125. The van der Waals surface area contributed by atoms with Crippen LogP contribution in [0.1, 0.15) is 30.0 Å². The van der Waals surface area contributed by atoms with Crippen LogP contribution in [0.25, 0.3) is 0 Å². The molecule has 1 aliphatic heterocycles. The van der Waals surface area contributed by atoms with Gasteiger partial charge >= 0.3 is 0 Å². The molecule has 0 saturated carbocycles. The van der Waals surface area contributed by atoms with E-state index < -0.39 is 0 Å². The lowest BCUT2D eigenvalue weighted by Gasteiger charge is -2.21. The number of rotatable bonds is 4. The second-order valence-electron chi connectivity index (χ2n) is 6.07. The third-order valence-electron chi connectivity index (χ3n) is 4.43. The molecule has 1 aliphatic rings. The molecule has 1 amide bonds. The van der Waals surface area contributed by atoms with E-state index in [2.05, 4.69) is 31.7 Å². The molecule has 1 fully saturated rings. The highest BCUT2D eigenvalue weighted by Crippen LogP contribution is 2.29. The van der Waals surface area contributed by atoms with Crippen LogP contribution in [0.5, 0.6) is 0 Å². The molecule has 2 heterocycles. The Hall–Kier alpha value is -1.37. The number of carbonyl (C=O) groups is 1. The van der Waals surface area contributed by atoms with Crippen LogP contribution < -0.4 is 10.6 Å². The Bertz CT molecular complexity index is 705. The molecule has 3 rings (SSSR count). The highest BCUT2D eigenvalue weighted by atomic mass is 79.9. The first-order valence-electron chi connectivity index (χ1n) is 7.80. The van der Waals surface area contributed by atoms with Gasteiger partial charge in [-0.2, -0.15) is 5.10 Å². The van der Waals surface area contributed by atoms with Gasteiger partial charge in [0.1, 0.15) is 0 Å². The summed E-state index contributed by atoms with van der Waals surface area (Å²) in [6.45, 7) is 3.53. The number of nitrogens with one attached hydrogen (secondary N) is 2. The van der Waals surface area contributed by atoms with Crippen molar-refractivity contribution >= 4 is 34.2 Å². The van der Waals surface area contributed by atoms with Gasteiger partial charge in [-0.1, -0.05) is 34.1 Å². The van der Waals surface area contributed by atoms with E-state index in [1.54, 1.807) is 4.68 Å². The Morgan fingerprint density at radius 2 is 2.17 bits per heavy atom. The number of aromatic nitrogens is 2. The summed E-state index contributed by atoms with van der Waals surface area (Å²) in [7, 11) is 1.90. The predicted molar refractivity (Wildman–Crippen MR) is 100 cm³/mol. The maximum atomic E-state index is 12.7. The topological polar surface area (TPSA) is 59.0 Å². The first-order chi connectivity index (χ1) is 11.1. The van der Waals surface area contributed by atoms with Crippen molar-refractivity contribution in [2.75, 3.05) is 13.1 Å². The van der Waals surface area contributed by atoms with Gasteiger partial charge < -0.3 is 10.6 Å². The van der Waals surface area contributed by atoms with Crippen molar-refractivity contribution in [3.63, 3.8) is 0 Å². The molecule has 24 heavy (non-hydrogen) atoms. The van der Waals surface area contributed by atoms with Crippen LogP contribution in [0.2, 0.25) is 0 Å². The van der Waals surface area contributed by atoms with E-state index in [-0.39, 0.29) is 36.2 Å². The van der Waals surface area contributed by atoms with Crippen molar-refractivity contribution in [3.05, 3.63) is 52.3 Å². The van der Waals surface area contributed by atoms with Gasteiger partial charge in [0.05, 0.1) is 18.2 Å². The third kappa shape index (κ3) is 3.99. The van der Waals surface area contributed by atoms with E-state index in [0.717, 1.165) is 22.1 Å². The van der Waals surface area contributed by atoms with Crippen LogP contribution in [0.4, 0.5) is 0 Å². The molecular weight excluding hydrogens is 392 g/mol. The van der Waals surface area contributed by atoms with E-state index >= 15 is 0 Å². The fourth-order valence-corrected chi connectivity index (χ4v) is 3.79. The highest BCUT2D eigenvalue weighted by molar-refractivity contribution is 9.10. The van der Waals surface area contributed by atoms with Crippen molar-refractivity contribution in [2.24, 2.45) is 13.0 Å². The van der Waals surface area contributed by atoms with Gasteiger partial charge in [-0.15, -0.1) is 12.4 Å². The number of benzene rings is 1. The molecule has 2 N–H and O–H groups in total. The minimum Gasteiger partial charge on any atom is -0.349 e. The molecule has 0 spiro atoms. The molecule has 0 aliphatic carbocycles. The number of hydrogen-bond donors (Lipinski definition) is 2. The quantitative estimate of drug-likeness (QED) is 0.810. The Morgan fingerprint density at radius 1 is 1.42 bits per heavy atom. The number of amides is 1. The average Bonchev–Trinajstić information content (AvgIpc) is 3.15. The smallest absolute Gasteiger partial charge is 0.225 e. The van der Waals surface area contributed by atoms with Crippen LogP contribution in [0.3, 0.4) is 0 Å². The monoisotopic (exact) mass is 412 g/mol. The van der Waals surface area contributed by atoms with Crippen molar-refractivity contribution in [3.8, 4) is 0 Å². The SMILES string of the molecule is CC(NC(=O)[C@H]1CNC[C@@H]1c1cnn(C)c1)c1ccccc1Br.Cl. The van der Waals surface area contributed by atoms with Crippen LogP contribution in [-0.2, 0) is 11.8 Å². The number of carbonyl (C=O) groups excluding carboxylic acids is 1. The lowest BCUT2D eigenvalue weighted by Crippen LogP contribution is -2.36. The van der Waals surface area contributed by atoms with E-state index in [1.807, 2.05) is 50.6 Å². The summed E-state index contributed by atoms with van der Waals surface area (Å²) in [4.78, 5) is 12.7. The van der Waals surface area contributed by atoms with Gasteiger partial charge in [0, 0.05) is 36.7 Å². The van der Waals surface area contributed by atoms with Gasteiger partial charge in [-0.05, 0) is 24.1 Å². The molecule has 3 atom stereocenters. The number of aryl methyl sites for hydroxylation is 1. The number of halogens is 2. The maximum Gasteiger partial charge on any atom is 0.225 e. The minimum absolute atomic E-state index is 0. The first-order valence-corrected chi connectivity index (χ1v) is 8.59. The van der Waals surface area contributed by atoms with Gasteiger partial charge in [0.25, 0.3) is 0 Å². The highest BCUT2D eigenvalue weighted by Gasteiger charge is 2.35. The molecule has 5 nitrogen and oxygen atoms in total. The Morgan fingerprint density at radius 3 is 2.83 bits per heavy atom. The van der Waals surface area contributed by atoms with Crippen LogP contribution in [0.15, 0.2) is 41.1 Å². The normalized spacial score (nSPS) is 21.1. The van der Waals surface area contributed by atoms with Crippen LogP contribution in [0, 0.1) is 5.92 Å². The summed E-state index contributed by atoms with van der Waals surface area (Å²) in [6, 6.07) is 7.95. The predicted octanol–water partition coefficient (Wildman–Crippen LogP) is 2.78. The van der Waals surface area contributed by atoms with E-state index in [4.69, 9.17) is 0 Å². The minimum atomic E-state index is -0.0656. The zero-order valence-corrected chi connectivity index (χ0v) is 16.1. The van der Waals surface area contributed by atoms with E-state index in [1.165, 1.54) is 0 Å². The lowest BCUT2D eigenvalue weighted by atomic mass is 9.90. The molecule has 2 aromatic rings. The first kappa shape index (κ1) is 19.0. The molecule has 1 aromatic heterocycles. The molecule has 1 unspecified atom stereocenters. The Labute approximate surface area is 156 Å². The standard InChI is InChI=1S/C17H21BrN4O.ClH/c1-11(13-5-3-4-6-16(13)18)21-17(23)15-9-19-8-14(15)12-7-20-22(2)10-12;/h3-7,10-11,14-15,19H,8-9H2,1-2H3,(H,21,23);1H/t11?,14-,15+;/m1./s1. The third-order valence-corrected chi connectivity index (χ3v) is 5.16. The summed E-state index contributed by atoms with van der Waals surface area (Å²) >= 11 is 3.55. The van der Waals surface area contributed by atoms with E-state index in [0.29, 0.717) is 6.54 Å². The van der Waals surface area contributed by atoms with Gasteiger partial charge in [-0.25, -0.2) is 0 Å². The van der Waals surface area contributed by atoms with Crippen molar-refractivity contribution in [2.45, 2.75) is 18.9 Å². The summed E-state index contributed by atoms with van der Waals surface area (Å²) in [6.07, 6.45) is 3.85. The molecule has 0 bridgehead atoms. The molecule has 0 radical (unpaired) electrons. The van der Waals surface area contributed by atoms with Gasteiger partial charge in [0.2, 0.25) is 5.91 Å². The average molecular weight is 414 g/mol. The van der Waals surface area contributed by atoms with Crippen LogP contribution >= 0.6 is 28.3 Å². The fraction of sp³-hybridized carbons (Fsp3) is 0.412. The summed E-state index contributed by atoms with van der Waals surface area (Å²) in [5.41, 5.74) is 2.20. The number of nitrogens with zero attached hydrogens (tertiary/aromatic N) is 2. The molecule has 7 heteroatoms. The van der Waals surface area contributed by atoms with Crippen molar-refractivity contribution < 1.29 is 4.79 Å². The molecule has 130 valence electrons. The molecule has 1 saturated heterocycles. The zero-order valence-electron chi connectivity index (χ0n) is 13.7. The summed E-state index contributed by atoms with van der Waals surface area (Å²) in [5, 5.41) is 10.7. The van der Waals surface area contributed by atoms with Gasteiger partial charge in [-0.3, -0.25) is 9.48 Å². The molecular formula is C17H22BrClN4O. The largest absolute Gasteiger partial charge is 0.349 e. The second-order valence-corrected chi connectivity index (χ2v) is 6.92. The van der Waals surface area contributed by atoms with Crippen molar-refractivity contribution in [1.29, 1.82) is 0 Å². The second kappa shape index (κ2) is 8.14. The van der Waals surface area contributed by atoms with Gasteiger partial charge in [0.15, 0.2) is 0 Å². The van der Waals surface area contributed by atoms with Crippen LogP contribution in [-0.4, -0.2) is 28.8 Å².